The lowest BCUT2D eigenvalue weighted by molar-refractivity contribution is -0.384. The van der Waals surface area contributed by atoms with Crippen molar-refractivity contribution < 1.29 is 28.4 Å². The van der Waals surface area contributed by atoms with Crippen LogP contribution in [-0.2, 0) is 19.1 Å². The van der Waals surface area contributed by atoms with Crippen LogP contribution < -0.4 is 5.32 Å². The van der Waals surface area contributed by atoms with Gasteiger partial charge in [-0.15, -0.1) is 0 Å². The van der Waals surface area contributed by atoms with Crippen molar-refractivity contribution in [3.8, 4) is 11.3 Å². The molecule has 0 saturated carbocycles. The van der Waals surface area contributed by atoms with Crippen LogP contribution in [0.3, 0.4) is 0 Å². The third-order valence-corrected chi connectivity index (χ3v) is 5.02. The molecule has 32 heavy (non-hydrogen) atoms. The van der Waals surface area contributed by atoms with Crippen molar-refractivity contribution in [1.82, 2.24) is 5.32 Å². The SMILES string of the molecule is CCOC(=O)C1=C(C)NC(C)=C(C(=O)OCC)C1c1ccc(-c2ccc([N+](=O)[O-])cc2)o1. The van der Waals surface area contributed by atoms with Gasteiger partial charge < -0.3 is 19.2 Å². The van der Waals surface area contributed by atoms with Crippen LogP contribution in [0.5, 0.6) is 0 Å². The van der Waals surface area contributed by atoms with Crippen LogP contribution in [0.15, 0.2) is 63.4 Å². The highest BCUT2D eigenvalue weighted by atomic mass is 16.6. The molecule has 0 fully saturated rings. The predicted molar refractivity (Wildman–Crippen MR) is 115 cm³/mol. The molecule has 3 rings (SSSR count). The summed E-state index contributed by atoms with van der Waals surface area (Å²) in [6.45, 7) is 7.20. The molecular weight excluding hydrogens is 416 g/mol. The molecule has 168 valence electrons. The van der Waals surface area contributed by atoms with E-state index in [0.29, 0.717) is 28.5 Å². The number of non-ortho nitro benzene ring substituents is 1. The van der Waals surface area contributed by atoms with E-state index in [1.807, 2.05) is 0 Å². The minimum atomic E-state index is -0.832. The van der Waals surface area contributed by atoms with E-state index in [2.05, 4.69) is 5.32 Å². The van der Waals surface area contributed by atoms with Crippen molar-refractivity contribution in [2.24, 2.45) is 0 Å². The molecular formula is C23H24N2O7. The molecule has 1 aliphatic rings. The number of dihydropyridines is 1. The fourth-order valence-electron chi connectivity index (χ4n) is 3.65. The molecule has 0 spiro atoms. The molecule has 0 radical (unpaired) electrons. The molecule has 1 aromatic carbocycles. The summed E-state index contributed by atoms with van der Waals surface area (Å²) < 4.78 is 16.5. The molecule has 1 aliphatic heterocycles. The van der Waals surface area contributed by atoms with Gasteiger partial charge in [0.25, 0.3) is 5.69 Å². The maximum atomic E-state index is 12.8. The van der Waals surface area contributed by atoms with E-state index in [-0.39, 0.29) is 30.0 Å². The van der Waals surface area contributed by atoms with Crippen molar-refractivity contribution in [2.75, 3.05) is 13.2 Å². The van der Waals surface area contributed by atoms with Gasteiger partial charge in [-0.05, 0) is 52.0 Å². The van der Waals surface area contributed by atoms with Crippen LogP contribution in [0, 0.1) is 10.1 Å². The second-order valence-corrected chi connectivity index (χ2v) is 7.08. The number of furan rings is 1. The van der Waals surface area contributed by atoms with Gasteiger partial charge >= 0.3 is 11.9 Å². The van der Waals surface area contributed by atoms with Gasteiger partial charge in [0.1, 0.15) is 11.5 Å². The van der Waals surface area contributed by atoms with Crippen LogP contribution in [-0.4, -0.2) is 30.1 Å². The number of carbonyl (C=O) groups is 2. The minimum Gasteiger partial charge on any atom is -0.463 e. The molecule has 2 aromatic rings. The normalized spacial score (nSPS) is 14.2. The van der Waals surface area contributed by atoms with Crippen molar-refractivity contribution in [2.45, 2.75) is 33.6 Å². The summed E-state index contributed by atoms with van der Waals surface area (Å²) in [6.07, 6.45) is 0. The van der Waals surface area contributed by atoms with Gasteiger partial charge in [0.2, 0.25) is 0 Å². The molecule has 0 amide bonds. The topological polar surface area (TPSA) is 121 Å². The number of esters is 2. The standard InChI is InChI=1S/C23H24N2O7/c1-5-30-22(26)19-13(3)24-14(4)20(23(27)31-6-2)21(19)18-12-11-17(32-18)15-7-9-16(10-8-15)25(28)29/h7-12,21,24H,5-6H2,1-4H3. The first kappa shape index (κ1) is 22.8. The van der Waals surface area contributed by atoms with E-state index in [9.17, 15) is 19.7 Å². The van der Waals surface area contributed by atoms with Crippen LogP contribution >= 0.6 is 0 Å². The molecule has 2 heterocycles. The Morgan fingerprint density at radius 1 is 0.969 bits per heavy atom. The zero-order valence-electron chi connectivity index (χ0n) is 18.3. The van der Waals surface area contributed by atoms with Crippen LogP contribution in [0.4, 0.5) is 5.69 Å². The van der Waals surface area contributed by atoms with Gasteiger partial charge in [-0.3, -0.25) is 10.1 Å². The predicted octanol–water partition coefficient (Wildman–Crippen LogP) is 4.22. The fraction of sp³-hybridized carbons (Fsp3) is 0.304. The second-order valence-electron chi connectivity index (χ2n) is 7.08. The van der Waals surface area contributed by atoms with E-state index in [4.69, 9.17) is 13.9 Å². The third-order valence-electron chi connectivity index (χ3n) is 5.02. The largest absolute Gasteiger partial charge is 0.463 e. The smallest absolute Gasteiger partial charge is 0.336 e. The van der Waals surface area contributed by atoms with Crippen molar-refractivity contribution >= 4 is 17.6 Å². The Hall–Kier alpha value is -3.88. The Labute approximate surface area is 184 Å². The lowest BCUT2D eigenvalue weighted by Gasteiger charge is -2.28. The van der Waals surface area contributed by atoms with Gasteiger partial charge in [-0.25, -0.2) is 9.59 Å². The number of ether oxygens (including phenoxy) is 2. The average Bonchev–Trinajstić information content (AvgIpc) is 3.23. The van der Waals surface area contributed by atoms with Gasteiger partial charge in [0, 0.05) is 29.1 Å². The second kappa shape index (κ2) is 9.51. The molecule has 9 nitrogen and oxygen atoms in total. The summed E-state index contributed by atoms with van der Waals surface area (Å²) in [6, 6.07) is 9.27. The lowest BCUT2D eigenvalue weighted by Crippen LogP contribution is -2.32. The quantitative estimate of drug-likeness (QED) is 0.386. The highest BCUT2D eigenvalue weighted by Gasteiger charge is 2.39. The summed E-state index contributed by atoms with van der Waals surface area (Å²) in [5.41, 5.74) is 2.19. The fourth-order valence-corrected chi connectivity index (χ4v) is 3.65. The number of nitro groups is 1. The number of nitrogens with zero attached hydrogens (tertiary/aromatic N) is 1. The average molecular weight is 440 g/mol. The summed E-state index contributed by atoms with van der Waals surface area (Å²) >= 11 is 0. The zero-order chi connectivity index (χ0) is 23.4. The number of hydrogen-bond donors (Lipinski definition) is 1. The lowest BCUT2D eigenvalue weighted by atomic mass is 9.83. The van der Waals surface area contributed by atoms with Crippen molar-refractivity contribution in [3.05, 3.63) is 74.8 Å². The Morgan fingerprint density at radius 3 is 1.97 bits per heavy atom. The Kier molecular flexibility index (Phi) is 6.77. The highest BCUT2D eigenvalue weighted by molar-refractivity contribution is 5.99. The monoisotopic (exact) mass is 440 g/mol. The molecule has 0 aliphatic carbocycles. The molecule has 0 saturated heterocycles. The number of allylic oxidation sites excluding steroid dienone is 2. The van der Waals surface area contributed by atoms with E-state index < -0.39 is 22.8 Å². The first-order valence-corrected chi connectivity index (χ1v) is 10.2. The zero-order valence-corrected chi connectivity index (χ0v) is 18.3. The van der Waals surface area contributed by atoms with E-state index in [1.165, 1.54) is 12.1 Å². The molecule has 1 aromatic heterocycles. The van der Waals surface area contributed by atoms with Crippen molar-refractivity contribution in [1.29, 1.82) is 0 Å². The minimum absolute atomic E-state index is 0.0369. The first-order valence-electron chi connectivity index (χ1n) is 10.2. The highest BCUT2D eigenvalue weighted by Crippen LogP contribution is 2.41. The van der Waals surface area contributed by atoms with Crippen LogP contribution in [0.1, 0.15) is 39.4 Å². The number of benzene rings is 1. The number of hydrogen-bond acceptors (Lipinski definition) is 8. The maximum absolute atomic E-state index is 12.8. The summed E-state index contributed by atoms with van der Waals surface area (Å²) in [5, 5.41) is 14.0. The number of carbonyl (C=O) groups excluding carboxylic acids is 2. The van der Waals surface area contributed by atoms with Gasteiger partial charge in [-0.1, -0.05) is 0 Å². The molecule has 1 N–H and O–H groups in total. The molecule has 9 heteroatoms. The van der Waals surface area contributed by atoms with Crippen LogP contribution in [0.25, 0.3) is 11.3 Å². The van der Waals surface area contributed by atoms with Crippen LogP contribution in [0.2, 0.25) is 0 Å². The summed E-state index contributed by atoms with van der Waals surface area (Å²) in [4.78, 5) is 36.0. The summed E-state index contributed by atoms with van der Waals surface area (Å²) in [7, 11) is 0. The van der Waals surface area contributed by atoms with Gasteiger partial charge in [0.15, 0.2) is 0 Å². The third kappa shape index (κ3) is 4.41. The van der Waals surface area contributed by atoms with Crippen molar-refractivity contribution in [3.63, 3.8) is 0 Å². The molecule has 0 atom stereocenters. The Bertz CT molecular complexity index is 1070. The number of nitro benzene ring substituents is 1. The molecule has 0 bridgehead atoms. The van der Waals surface area contributed by atoms with E-state index >= 15 is 0 Å². The van der Waals surface area contributed by atoms with E-state index in [0.717, 1.165) is 0 Å². The number of rotatable bonds is 7. The van der Waals surface area contributed by atoms with E-state index in [1.54, 1.807) is 52.0 Å². The summed E-state index contributed by atoms with van der Waals surface area (Å²) in [5.74, 6) is -1.17. The van der Waals surface area contributed by atoms with Gasteiger partial charge in [0.05, 0.1) is 35.2 Å². The van der Waals surface area contributed by atoms with Gasteiger partial charge in [-0.2, -0.15) is 0 Å². The molecule has 0 unspecified atom stereocenters. The maximum Gasteiger partial charge on any atom is 0.336 e. The first-order chi connectivity index (χ1) is 15.3. The Morgan fingerprint density at radius 2 is 1.50 bits per heavy atom. The Balaban J connectivity index is 2.09. The number of nitrogens with one attached hydrogen (secondary N) is 1.